The minimum atomic E-state index is -0.176. The summed E-state index contributed by atoms with van der Waals surface area (Å²) >= 11 is 1.27. The molecule has 0 aliphatic carbocycles. The zero-order valence-electron chi connectivity index (χ0n) is 11.2. The van der Waals surface area contributed by atoms with Gasteiger partial charge in [0, 0.05) is 38.5 Å². The number of piperazine rings is 1. The first-order valence-corrected chi connectivity index (χ1v) is 7.23. The second kappa shape index (κ2) is 6.12. The fraction of sp³-hybridized carbons (Fsp3) is 0.583. The zero-order chi connectivity index (χ0) is 13.8. The molecule has 0 saturated carbocycles. The molecule has 1 fully saturated rings. The molecule has 104 valence electrons. The molecule has 6 nitrogen and oxygen atoms in total. The third-order valence-electron chi connectivity index (χ3n) is 3.11. The van der Waals surface area contributed by atoms with E-state index in [0.29, 0.717) is 10.8 Å². The highest BCUT2D eigenvalue weighted by atomic mass is 32.1. The third kappa shape index (κ3) is 3.51. The first-order valence-electron chi connectivity index (χ1n) is 6.35. The number of carbonyl (C=O) groups is 2. The Hall–Kier alpha value is -1.47. The molecule has 0 spiro atoms. The number of anilines is 1. The number of nitrogens with one attached hydrogen (secondary N) is 1. The van der Waals surface area contributed by atoms with Crippen LogP contribution in [-0.2, 0) is 4.79 Å². The number of amides is 2. The molecular weight excluding hydrogens is 264 g/mol. The molecule has 0 bridgehead atoms. The van der Waals surface area contributed by atoms with Gasteiger partial charge in [-0.15, -0.1) is 11.3 Å². The van der Waals surface area contributed by atoms with Crippen LogP contribution in [0.2, 0.25) is 0 Å². The van der Waals surface area contributed by atoms with Crippen molar-refractivity contribution in [3.63, 3.8) is 0 Å². The van der Waals surface area contributed by atoms with Gasteiger partial charge in [0.1, 0.15) is 5.69 Å². The molecule has 2 rings (SSSR count). The molecule has 2 amide bonds. The number of hydrogen-bond acceptors (Lipinski definition) is 5. The summed E-state index contributed by atoms with van der Waals surface area (Å²) in [6.45, 7) is 7.85. The predicted molar refractivity (Wildman–Crippen MR) is 74.4 cm³/mol. The highest BCUT2D eigenvalue weighted by molar-refractivity contribution is 7.14. The summed E-state index contributed by atoms with van der Waals surface area (Å²) in [6, 6.07) is 0. The molecule has 7 heteroatoms. The lowest BCUT2D eigenvalue weighted by Crippen LogP contribution is -2.48. The van der Waals surface area contributed by atoms with E-state index < -0.39 is 0 Å². The van der Waals surface area contributed by atoms with E-state index in [1.165, 1.54) is 18.3 Å². The average Bonchev–Trinajstić information content (AvgIpc) is 2.85. The molecule has 2 heterocycles. The average molecular weight is 282 g/mol. The van der Waals surface area contributed by atoms with Crippen LogP contribution >= 0.6 is 11.3 Å². The van der Waals surface area contributed by atoms with Gasteiger partial charge in [0.2, 0.25) is 5.91 Å². The molecule has 19 heavy (non-hydrogen) atoms. The van der Waals surface area contributed by atoms with E-state index in [1.54, 1.807) is 5.38 Å². The highest BCUT2D eigenvalue weighted by Gasteiger charge is 2.23. The molecule has 1 aliphatic heterocycles. The number of aromatic nitrogens is 1. The van der Waals surface area contributed by atoms with Crippen molar-refractivity contribution < 1.29 is 9.59 Å². The van der Waals surface area contributed by atoms with Gasteiger partial charge in [-0.05, 0) is 6.54 Å². The molecule has 1 aromatic rings. The Kier molecular flexibility index (Phi) is 4.49. The summed E-state index contributed by atoms with van der Waals surface area (Å²) in [6.07, 6.45) is 0. The number of hydrogen-bond donors (Lipinski definition) is 1. The quantitative estimate of drug-likeness (QED) is 0.894. The van der Waals surface area contributed by atoms with Crippen molar-refractivity contribution in [1.29, 1.82) is 0 Å². The maximum Gasteiger partial charge on any atom is 0.273 e. The Bertz CT molecular complexity index is 466. The van der Waals surface area contributed by atoms with Crippen molar-refractivity contribution in [2.24, 2.45) is 0 Å². The lowest BCUT2D eigenvalue weighted by molar-refractivity contribution is -0.114. The number of carbonyl (C=O) groups excluding carboxylic acids is 2. The molecule has 0 radical (unpaired) electrons. The molecule has 1 aliphatic rings. The van der Waals surface area contributed by atoms with Gasteiger partial charge in [0.05, 0.1) is 0 Å². The van der Waals surface area contributed by atoms with Gasteiger partial charge in [-0.2, -0.15) is 0 Å². The molecule has 1 saturated heterocycles. The summed E-state index contributed by atoms with van der Waals surface area (Å²) in [5, 5.41) is 4.76. The summed E-state index contributed by atoms with van der Waals surface area (Å²) in [4.78, 5) is 31.4. The number of rotatable bonds is 3. The first-order chi connectivity index (χ1) is 9.10. The van der Waals surface area contributed by atoms with Gasteiger partial charge in [0.15, 0.2) is 5.13 Å². The molecule has 0 atom stereocenters. The number of thiazole rings is 1. The van der Waals surface area contributed by atoms with Gasteiger partial charge in [-0.25, -0.2) is 4.98 Å². The van der Waals surface area contributed by atoms with Crippen LogP contribution < -0.4 is 5.32 Å². The largest absolute Gasteiger partial charge is 0.335 e. The molecule has 1 N–H and O–H groups in total. The van der Waals surface area contributed by atoms with Crippen molar-refractivity contribution in [3.8, 4) is 0 Å². The second-order valence-electron chi connectivity index (χ2n) is 4.45. The fourth-order valence-electron chi connectivity index (χ4n) is 2.01. The van der Waals surface area contributed by atoms with Crippen molar-refractivity contribution in [2.75, 3.05) is 38.0 Å². The predicted octanol–water partition coefficient (Wildman–Crippen LogP) is 0.879. The lowest BCUT2D eigenvalue weighted by atomic mass is 10.3. The monoisotopic (exact) mass is 282 g/mol. The minimum Gasteiger partial charge on any atom is -0.335 e. The van der Waals surface area contributed by atoms with Crippen LogP contribution in [0.4, 0.5) is 5.13 Å². The summed E-state index contributed by atoms with van der Waals surface area (Å²) < 4.78 is 0. The van der Waals surface area contributed by atoms with Gasteiger partial charge < -0.3 is 15.1 Å². The Morgan fingerprint density at radius 1 is 1.37 bits per heavy atom. The van der Waals surface area contributed by atoms with Crippen LogP contribution in [0.3, 0.4) is 0 Å². The summed E-state index contributed by atoms with van der Waals surface area (Å²) in [7, 11) is 0. The van der Waals surface area contributed by atoms with Gasteiger partial charge >= 0.3 is 0 Å². The van der Waals surface area contributed by atoms with Crippen LogP contribution in [0, 0.1) is 0 Å². The molecule has 0 aromatic carbocycles. The van der Waals surface area contributed by atoms with E-state index >= 15 is 0 Å². The maximum atomic E-state index is 12.2. The number of nitrogens with zero attached hydrogens (tertiary/aromatic N) is 3. The normalized spacial score (nSPS) is 16.4. The lowest BCUT2D eigenvalue weighted by Gasteiger charge is -2.33. The molecular formula is C12H18N4O2S. The van der Waals surface area contributed by atoms with Crippen LogP contribution in [-0.4, -0.2) is 59.3 Å². The van der Waals surface area contributed by atoms with Crippen LogP contribution in [0.15, 0.2) is 5.38 Å². The molecule has 1 aromatic heterocycles. The van der Waals surface area contributed by atoms with Crippen molar-refractivity contribution in [3.05, 3.63) is 11.1 Å². The van der Waals surface area contributed by atoms with Crippen LogP contribution in [0.1, 0.15) is 24.3 Å². The van der Waals surface area contributed by atoms with E-state index in [-0.39, 0.29) is 11.8 Å². The third-order valence-corrected chi connectivity index (χ3v) is 3.87. The van der Waals surface area contributed by atoms with Gasteiger partial charge in [-0.3, -0.25) is 9.59 Å². The topological polar surface area (TPSA) is 65.5 Å². The van der Waals surface area contributed by atoms with Crippen molar-refractivity contribution in [1.82, 2.24) is 14.8 Å². The van der Waals surface area contributed by atoms with E-state index in [2.05, 4.69) is 22.1 Å². The summed E-state index contributed by atoms with van der Waals surface area (Å²) in [5.74, 6) is -0.228. The highest BCUT2D eigenvalue weighted by Crippen LogP contribution is 2.17. The Morgan fingerprint density at radius 3 is 2.63 bits per heavy atom. The maximum absolute atomic E-state index is 12.2. The summed E-state index contributed by atoms with van der Waals surface area (Å²) in [5.41, 5.74) is 0.415. The van der Waals surface area contributed by atoms with E-state index in [1.807, 2.05) is 4.90 Å². The number of likely N-dealkylation sites (N-methyl/N-ethyl adjacent to an activating group) is 1. The van der Waals surface area contributed by atoms with Crippen molar-refractivity contribution >= 4 is 28.3 Å². The Balaban J connectivity index is 1.96. The molecule has 0 unspecified atom stereocenters. The van der Waals surface area contributed by atoms with Crippen molar-refractivity contribution in [2.45, 2.75) is 13.8 Å². The smallest absolute Gasteiger partial charge is 0.273 e. The van der Waals surface area contributed by atoms with Crippen LogP contribution in [0.25, 0.3) is 0 Å². The Labute approximate surface area is 116 Å². The Morgan fingerprint density at radius 2 is 2.05 bits per heavy atom. The van der Waals surface area contributed by atoms with Gasteiger partial charge in [0.25, 0.3) is 5.91 Å². The van der Waals surface area contributed by atoms with E-state index in [0.717, 1.165) is 32.7 Å². The van der Waals surface area contributed by atoms with E-state index in [9.17, 15) is 9.59 Å². The minimum absolute atomic E-state index is 0.0522. The second-order valence-corrected chi connectivity index (χ2v) is 5.30. The first kappa shape index (κ1) is 14.0. The standard InChI is InChI=1S/C12H18N4O2S/c1-3-15-4-6-16(7-5-15)11(18)10-8-19-12(14-10)13-9(2)17/h8H,3-7H2,1-2H3,(H,13,14,17). The van der Waals surface area contributed by atoms with Gasteiger partial charge in [-0.1, -0.05) is 6.92 Å². The van der Waals surface area contributed by atoms with E-state index in [4.69, 9.17) is 0 Å². The van der Waals surface area contributed by atoms with Crippen LogP contribution in [0.5, 0.6) is 0 Å². The fourth-order valence-corrected chi connectivity index (χ4v) is 2.74. The zero-order valence-corrected chi connectivity index (χ0v) is 12.0. The SMILES string of the molecule is CCN1CCN(C(=O)c2csc(NC(C)=O)n2)CC1.